The van der Waals surface area contributed by atoms with Gasteiger partial charge in [-0.25, -0.2) is 4.39 Å². The molecule has 230 valence electrons. The van der Waals surface area contributed by atoms with Crippen molar-refractivity contribution in [3.05, 3.63) is 40.8 Å². The number of esters is 4. The average molecular weight is 595 g/mol. The summed E-state index contributed by atoms with van der Waals surface area (Å²) in [5, 5.41) is 14.2. The van der Waals surface area contributed by atoms with Crippen LogP contribution in [0.5, 0.6) is 11.6 Å². The Balaban J connectivity index is 2.09. The number of carbonyl (C=O) groups is 4. The molecule has 1 aliphatic heterocycles. The minimum absolute atomic E-state index is 0.0376. The van der Waals surface area contributed by atoms with E-state index in [2.05, 4.69) is 5.10 Å². The predicted octanol–water partition coefficient (Wildman–Crippen LogP) is 2.67. The fourth-order valence-electron chi connectivity index (χ4n) is 4.59. The Morgan fingerprint density at radius 1 is 0.976 bits per heavy atom. The van der Waals surface area contributed by atoms with Gasteiger partial charge in [0, 0.05) is 51.4 Å². The molecule has 2 heterocycles. The topological polar surface area (TPSA) is 162 Å². The van der Waals surface area contributed by atoms with E-state index in [0.717, 1.165) is 20.8 Å². The molecule has 2 aromatic rings. The summed E-state index contributed by atoms with van der Waals surface area (Å²) in [6.07, 6.45) is -6.77. The van der Waals surface area contributed by atoms with E-state index in [0.29, 0.717) is 16.8 Å². The zero-order chi connectivity index (χ0) is 31.3. The highest BCUT2D eigenvalue weighted by Crippen LogP contribution is 2.34. The monoisotopic (exact) mass is 594 g/mol. The number of ether oxygens (including phenoxy) is 6. The van der Waals surface area contributed by atoms with Crippen molar-refractivity contribution in [2.75, 3.05) is 6.61 Å². The van der Waals surface area contributed by atoms with Crippen molar-refractivity contribution in [1.29, 1.82) is 0 Å². The summed E-state index contributed by atoms with van der Waals surface area (Å²) in [7, 11) is 0. The van der Waals surface area contributed by atoms with Crippen LogP contribution < -0.4 is 4.74 Å². The zero-order valence-electron chi connectivity index (χ0n) is 24.4. The molecule has 0 radical (unpaired) electrons. The van der Waals surface area contributed by atoms with E-state index in [1.807, 2.05) is 13.8 Å². The molecule has 1 fully saturated rings. The minimum Gasteiger partial charge on any atom is -0.505 e. The third-order valence-corrected chi connectivity index (χ3v) is 6.30. The SMILES string of the molecule is CC(=O)OC[C@H]1OC(Oc2nn(C(C)C)c(C)c2Cc2ccc(O)c(F)c2)[C@H](OC(C)=O)[C@@H](OC(C)=O)[C@@H]1OC(C)=O. The maximum Gasteiger partial charge on any atom is 0.303 e. The number of carbonyl (C=O) groups excluding carboxylic acids is 4. The van der Waals surface area contributed by atoms with Crippen LogP contribution in [0.4, 0.5) is 4.39 Å². The van der Waals surface area contributed by atoms with Crippen LogP contribution >= 0.6 is 0 Å². The van der Waals surface area contributed by atoms with Gasteiger partial charge >= 0.3 is 23.9 Å². The van der Waals surface area contributed by atoms with Crippen molar-refractivity contribution in [2.24, 2.45) is 0 Å². The van der Waals surface area contributed by atoms with Crippen LogP contribution in [0.15, 0.2) is 18.2 Å². The molecule has 13 nitrogen and oxygen atoms in total. The molecule has 0 bridgehead atoms. The number of nitrogens with zero attached hydrogens (tertiary/aromatic N) is 2. The maximum absolute atomic E-state index is 14.1. The van der Waals surface area contributed by atoms with Crippen LogP contribution in [0.2, 0.25) is 0 Å². The first-order valence-corrected chi connectivity index (χ1v) is 13.2. The van der Waals surface area contributed by atoms with Crippen molar-refractivity contribution < 1.29 is 57.1 Å². The number of phenols is 1. The van der Waals surface area contributed by atoms with E-state index in [1.165, 1.54) is 19.1 Å². The zero-order valence-corrected chi connectivity index (χ0v) is 24.4. The third kappa shape index (κ3) is 7.96. The summed E-state index contributed by atoms with van der Waals surface area (Å²) in [6, 6.07) is 3.84. The minimum atomic E-state index is -1.49. The molecule has 1 saturated heterocycles. The summed E-state index contributed by atoms with van der Waals surface area (Å²) in [5.74, 6) is -4.24. The van der Waals surface area contributed by atoms with Gasteiger partial charge in [-0.15, -0.1) is 5.10 Å². The molecule has 1 unspecified atom stereocenters. The van der Waals surface area contributed by atoms with Gasteiger partial charge in [0.2, 0.25) is 18.3 Å². The standard InChI is InChI=1S/C28H35FN2O11/c1-13(2)31-14(3)20(10-19-8-9-22(36)21(29)11-19)27(30-31)42-28-26(40-18(7)35)25(39-17(6)34)24(38-16(5)33)23(41-28)12-37-15(4)32/h8-9,11,13,23-26,28,36H,10,12H2,1-7H3/t23-,24-,25+,26-,28?/m1/s1. The van der Waals surface area contributed by atoms with Gasteiger partial charge in [-0.2, -0.15) is 0 Å². The lowest BCUT2D eigenvalue weighted by Gasteiger charge is -2.43. The van der Waals surface area contributed by atoms with Crippen LogP contribution in [0.3, 0.4) is 0 Å². The summed E-state index contributed by atoms with van der Waals surface area (Å²) < 4.78 is 49.4. The van der Waals surface area contributed by atoms with Gasteiger partial charge in [-0.05, 0) is 38.5 Å². The van der Waals surface area contributed by atoms with Crippen LogP contribution in [-0.2, 0) is 49.3 Å². The molecule has 0 saturated carbocycles. The van der Waals surface area contributed by atoms with Gasteiger partial charge in [-0.3, -0.25) is 23.9 Å². The summed E-state index contributed by atoms with van der Waals surface area (Å²) in [5.41, 5.74) is 1.71. The van der Waals surface area contributed by atoms with Crippen LogP contribution in [0, 0.1) is 12.7 Å². The first kappa shape index (κ1) is 32.3. The van der Waals surface area contributed by atoms with Crippen molar-refractivity contribution in [1.82, 2.24) is 9.78 Å². The Labute approximate surface area is 241 Å². The van der Waals surface area contributed by atoms with E-state index < -0.39 is 72.8 Å². The summed E-state index contributed by atoms with van der Waals surface area (Å²) in [4.78, 5) is 47.8. The van der Waals surface area contributed by atoms with Gasteiger partial charge in [0.05, 0.1) is 0 Å². The number of benzene rings is 1. The Bertz CT molecular complexity index is 1330. The number of halogens is 1. The van der Waals surface area contributed by atoms with E-state index >= 15 is 0 Å². The summed E-state index contributed by atoms with van der Waals surface area (Å²) >= 11 is 0. The van der Waals surface area contributed by atoms with Crippen molar-refractivity contribution in [2.45, 2.75) is 91.6 Å². The molecule has 14 heteroatoms. The Morgan fingerprint density at radius 3 is 2.12 bits per heavy atom. The molecule has 0 spiro atoms. The van der Waals surface area contributed by atoms with Crippen molar-refractivity contribution in [3.8, 4) is 11.6 Å². The number of hydrogen-bond acceptors (Lipinski definition) is 12. The lowest BCUT2D eigenvalue weighted by Crippen LogP contribution is -2.63. The normalized spacial score (nSPS) is 21.9. The number of hydrogen-bond donors (Lipinski definition) is 1. The van der Waals surface area contributed by atoms with Gasteiger partial charge in [-0.1, -0.05) is 6.07 Å². The average Bonchev–Trinajstić information content (AvgIpc) is 3.18. The Kier molecular flexibility index (Phi) is 10.5. The van der Waals surface area contributed by atoms with E-state index in [4.69, 9.17) is 28.4 Å². The Hall–Kier alpha value is -4.20. The van der Waals surface area contributed by atoms with Crippen LogP contribution in [-0.4, -0.2) is 76.1 Å². The van der Waals surface area contributed by atoms with Gasteiger partial charge in [0.25, 0.3) is 0 Å². The fourth-order valence-corrected chi connectivity index (χ4v) is 4.59. The fraction of sp³-hybridized carbons (Fsp3) is 0.536. The molecule has 1 aliphatic rings. The smallest absolute Gasteiger partial charge is 0.303 e. The molecule has 5 atom stereocenters. The second-order valence-corrected chi connectivity index (χ2v) is 10.1. The maximum atomic E-state index is 14.1. The number of rotatable bonds is 10. The van der Waals surface area contributed by atoms with Crippen molar-refractivity contribution >= 4 is 23.9 Å². The molecular formula is C28H35FN2O11. The molecular weight excluding hydrogens is 559 g/mol. The molecule has 1 aromatic carbocycles. The number of aromatic nitrogens is 2. The quantitative estimate of drug-likeness (QED) is 0.317. The molecule has 42 heavy (non-hydrogen) atoms. The highest BCUT2D eigenvalue weighted by molar-refractivity contribution is 5.68. The number of aromatic hydroxyl groups is 1. The van der Waals surface area contributed by atoms with E-state index in [1.54, 1.807) is 17.7 Å². The molecule has 0 aliphatic carbocycles. The molecule has 0 amide bonds. The van der Waals surface area contributed by atoms with E-state index in [-0.39, 0.29) is 18.3 Å². The summed E-state index contributed by atoms with van der Waals surface area (Å²) in [6.45, 7) is 9.68. The highest BCUT2D eigenvalue weighted by atomic mass is 19.1. The van der Waals surface area contributed by atoms with Crippen LogP contribution in [0.1, 0.15) is 64.4 Å². The van der Waals surface area contributed by atoms with Gasteiger partial charge in [0.1, 0.15) is 12.7 Å². The lowest BCUT2D eigenvalue weighted by molar-refractivity contribution is -0.289. The van der Waals surface area contributed by atoms with E-state index in [9.17, 15) is 28.7 Å². The second kappa shape index (κ2) is 13.6. The van der Waals surface area contributed by atoms with Crippen molar-refractivity contribution in [3.63, 3.8) is 0 Å². The van der Waals surface area contributed by atoms with Crippen LogP contribution in [0.25, 0.3) is 0 Å². The van der Waals surface area contributed by atoms with Gasteiger partial charge < -0.3 is 33.5 Å². The lowest BCUT2D eigenvalue weighted by atomic mass is 9.98. The number of phenolic OH excluding ortho intramolecular Hbond substituents is 1. The van der Waals surface area contributed by atoms with Gasteiger partial charge in [0.15, 0.2) is 23.8 Å². The first-order valence-electron chi connectivity index (χ1n) is 13.2. The first-order chi connectivity index (χ1) is 19.7. The second-order valence-electron chi connectivity index (χ2n) is 10.1. The highest BCUT2D eigenvalue weighted by Gasteiger charge is 2.53. The largest absolute Gasteiger partial charge is 0.505 e. The third-order valence-electron chi connectivity index (χ3n) is 6.30. The predicted molar refractivity (Wildman–Crippen MR) is 141 cm³/mol. The molecule has 3 rings (SSSR count). The Morgan fingerprint density at radius 2 is 1.57 bits per heavy atom. The molecule has 1 aromatic heterocycles. The molecule has 1 N–H and O–H groups in total.